The molecule has 5 N–H and O–H groups in total. The van der Waals surface area contributed by atoms with Gasteiger partial charge in [-0.15, -0.1) is 0 Å². The molecule has 1 aliphatic heterocycles. The molecule has 1 aliphatic rings. The molecule has 0 aliphatic carbocycles. The molecule has 0 saturated carbocycles. The summed E-state index contributed by atoms with van der Waals surface area (Å²) >= 11 is 5.90. The van der Waals surface area contributed by atoms with Gasteiger partial charge in [-0.2, -0.15) is 0 Å². The van der Waals surface area contributed by atoms with Crippen LogP contribution in [0.25, 0.3) is 22.2 Å². The van der Waals surface area contributed by atoms with Crippen LogP contribution in [0.15, 0.2) is 60.8 Å². The molecular weight excluding hydrogens is 576 g/mol. The summed E-state index contributed by atoms with van der Waals surface area (Å²) in [7, 11) is 3.70. The number of halogens is 3. The summed E-state index contributed by atoms with van der Waals surface area (Å²) in [4.78, 5) is 27.3. The number of hydrogen-bond acceptors (Lipinski definition) is 7. The number of benzene rings is 2. The van der Waals surface area contributed by atoms with Crippen LogP contribution in [0.1, 0.15) is 54.6 Å². The van der Waals surface area contributed by atoms with Crippen LogP contribution in [0, 0.1) is 0 Å². The largest absolute Gasteiger partial charge is 0.388 e. The van der Waals surface area contributed by atoms with E-state index in [0.717, 1.165) is 46.3 Å². The number of nitrogens with two attached hydrogens (primary N) is 1. The predicted molar refractivity (Wildman–Crippen MR) is 170 cm³/mol. The molecule has 8 nitrogen and oxygen atoms in total. The minimum atomic E-state index is -1.71. The fourth-order valence-corrected chi connectivity index (χ4v) is 3.87. The first-order valence-corrected chi connectivity index (χ1v) is 14.2. The number of H-pyrrole nitrogens is 1. The van der Waals surface area contributed by atoms with E-state index in [4.69, 9.17) is 22.1 Å². The SMILES string of the molecule is C1CCOC1.CC(C)(F)C=O.CNCc1cnc(C(N)F)c(C=O)c1.CNc1ccc2[nH]c(-c3ccc(Cl)cc3)cc2c1. The van der Waals surface area contributed by atoms with Crippen molar-refractivity contribution in [2.75, 3.05) is 32.6 Å². The minimum Gasteiger partial charge on any atom is -0.388 e. The highest BCUT2D eigenvalue weighted by atomic mass is 35.5. The van der Waals surface area contributed by atoms with E-state index in [-0.39, 0.29) is 17.5 Å². The van der Waals surface area contributed by atoms with E-state index in [1.165, 1.54) is 38.3 Å². The third-order valence-corrected chi connectivity index (χ3v) is 6.20. The van der Waals surface area contributed by atoms with Crippen molar-refractivity contribution in [3.63, 3.8) is 0 Å². The molecule has 43 heavy (non-hydrogen) atoms. The molecule has 2 aromatic carbocycles. The third-order valence-electron chi connectivity index (χ3n) is 5.95. The zero-order valence-electron chi connectivity index (χ0n) is 24.9. The number of nitrogens with one attached hydrogen (secondary N) is 3. The Morgan fingerprint density at radius 2 is 1.74 bits per heavy atom. The molecular formula is C32H40ClF2N5O3. The number of ether oxygens (including phenoxy) is 1. The molecule has 1 atom stereocenters. The lowest BCUT2D eigenvalue weighted by molar-refractivity contribution is -0.115. The van der Waals surface area contributed by atoms with E-state index in [2.05, 4.69) is 44.9 Å². The number of nitrogens with zero attached hydrogens (tertiary/aromatic N) is 1. The van der Waals surface area contributed by atoms with Crippen molar-refractivity contribution in [2.24, 2.45) is 5.73 Å². The van der Waals surface area contributed by atoms with Gasteiger partial charge >= 0.3 is 0 Å². The Kier molecular flexibility index (Phi) is 14.9. The summed E-state index contributed by atoms with van der Waals surface area (Å²) in [6.45, 7) is 5.00. The second-order valence-corrected chi connectivity index (χ2v) is 10.5. The molecule has 0 bridgehead atoms. The zero-order chi connectivity index (χ0) is 31.8. The number of fused-ring (bicyclic) bond motifs is 1. The van der Waals surface area contributed by atoms with Gasteiger partial charge in [0.1, 0.15) is 0 Å². The van der Waals surface area contributed by atoms with E-state index < -0.39 is 12.0 Å². The molecule has 4 aromatic rings. The van der Waals surface area contributed by atoms with Gasteiger partial charge in [0.15, 0.2) is 24.5 Å². The van der Waals surface area contributed by atoms with Crippen LogP contribution in [0.3, 0.4) is 0 Å². The molecule has 1 unspecified atom stereocenters. The average Bonchev–Trinajstić information content (AvgIpc) is 3.71. The first-order valence-electron chi connectivity index (χ1n) is 13.8. The van der Waals surface area contributed by atoms with Crippen molar-refractivity contribution in [3.8, 4) is 11.3 Å². The topological polar surface area (TPSA) is 122 Å². The van der Waals surface area contributed by atoms with Crippen LogP contribution in [0.4, 0.5) is 14.5 Å². The van der Waals surface area contributed by atoms with Crippen molar-refractivity contribution < 1.29 is 23.1 Å². The van der Waals surface area contributed by atoms with Gasteiger partial charge in [0, 0.05) is 65.9 Å². The van der Waals surface area contributed by atoms with Crippen LogP contribution in [0.5, 0.6) is 0 Å². The number of anilines is 1. The Hall–Kier alpha value is -3.70. The first-order chi connectivity index (χ1) is 20.5. The highest BCUT2D eigenvalue weighted by molar-refractivity contribution is 6.30. The normalized spacial score (nSPS) is 12.9. The monoisotopic (exact) mass is 615 g/mol. The highest BCUT2D eigenvalue weighted by Crippen LogP contribution is 2.27. The molecule has 2 aromatic heterocycles. The van der Waals surface area contributed by atoms with Gasteiger partial charge in [0.2, 0.25) is 0 Å². The maximum Gasteiger partial charge on any atom is 0.192 e. The molecule has 0 spiro atoms. The molecule has 1 fully saturated rings. The maximum atomic E-state index is 12.7. The van der Waals surface area contributed by atoms with E-state index in [1.54, 1.807) is 13.1 Å². The van der Waals surface area contributed by atoms with Crippen molar-refractivity contribution in [1.82, 2.24) is 15.3 Å². The fourth-order valence-electron chi connectivity index (χ4n) is 3.75. The van der Waals surface area contributed by atoms with Crippen molar-refractivity contribution in [1.29, 1.82) is 0 Å². The summed E-state index contributed by atoms with van der Waals surface area (Å²) < 4.78 is 29.4. The summed E-state index contributed by atoms with van der Waals surface area (Å²) in [5.74, 6) is 0. The van der Waals surface area contributed by atoms with E-state index >= 15 is 0 Å². The molecule has 11 heteroatoms. The quantitative estimate of drug-likeness (QED) is 0.133. The van der Waals surface area contributed by atoms with Crippen LogP contribution in [-0.4, -0.2) is 55.5 Å². The predicted octanol–water partition coefficient (Wildman–Crippen LogP) is 6.80. The average molecular weight is 616 g/mol. The van der Waals surface area contributed by atoms with E-state index in [9.17, 15) is 18.4 Å². The molecule has 0 radical (unpaired) electrons. The van der Waals surface area contributed by atoms with Crippen LogP contribution < -0.4 is 16.4 Å². The Morgan fingerprint density at radius 3 is 2.23 bits per heavy atom. The van der Waals surface area contributed by atoms with E-state index in [0.29, 0.717) is 12.8 Å². The number of carbonyl (C=O) groups excluding carboxylic acids is 2. The first kappa shape index (κ1) is 35.5. The van der Waals surface area contributed by atoms with Gasteiger partial charge < -0.3 is 20.4 Å². The van der Waals surface area contributed by atoms with Crippen LogP contribution in [-0.2, 0) is 16.1 Å². The third kappa shape index (κ3) is 12.6. The van der Waals surface area contributed by atoms with Crippen molar-refractivity contribution >= 4 is 40.8 Å². The highest BCUT2D eigenvalue weighted by Gasteiger charge is 2.12. The number of aromatic nitrogens is 2. The molecule has 5 rings (SSSR count). The second kappa shape index (κ2) is 18.1. The molecule has 0 amide bonds. The lowest BCUT2D eigenvalue weighted by Crippen LogP contribution is -2.12. The van der Waals surface area contributed by atoms with Gasteiger partial charge in [-0.1, -0.05) is 23.7 Å². The summed E-state index contributed by atoms with van der Waals surface area (Å²) in [6, 6.07) is 17.8. The summed E-state index contributed by atoms with van der Waals surface area (Å²) in [5.41, 5.74) is 8.88. The van der Waals surface area contributed by atoms with Gasteiger partial charge in [-0.3, -0.25) is 20.3 Å². The van der Waals surface area contributed by atoms with Gasteiger partial charge in [-0.05, 0) is 87.3 Å². The van der Waals surface area contributed by atoms with Crippen LogP contribution >= 0.6 is 11.6 Å². The summed E-state index contributed by atoms with van der Waals surface area (Å²) in [6.07, 6.45) is 3.17. The lowest BCUT2D eigenvalue weighted by atomic mass is 10.1. The van der Waals surface area contributed by atoms with Crippen molar-refractivity contribution in [2.45, 2.75) is 45.2 Å². The molecule has 1 saturated heterocycles. The number of aldehydes is 2. The Balaban J connectivity index is 0.000000227. The Labute approximate surface area is 256 Å². The Morgan fingerprint density at radius 1 is 1.09 bits per heavy atom. The van der Waals surface area contributed by atoms with Crippen LogP contribution in [0.2, 0.25) is 5.02 Å². The lowest BCUT2D eigenvalue weighted by Gasteiger charge is -2.06. The van der Waals surface area contributed by atoms with Crippen molar-refractivity contribution in [3.05, 3.63) is 82.6 Å². The number of rotatable bonds is 7. The Bertz CT molecular complexity index is 1410. The van der Waals surface area contributed by atoms with Gasteiger partial charge in [0.25, 0.3) is 0 Å². The van der Waals surface area contributed by atoms with Gasteiger partial charge in [0.05, 0.1) is 5.69 Å². The molecule has 3 heterocycles. The van der Waals surface area contributed by atoms with E-state index in [1.807, 2.05) is 31.3 Å². The smallest absolute Gasteiger partial charge is 0.192 e. The standard InChI is InChI=1S/C15H13ClN2.C9H12FN3O.C4H7FO.C4H8O/c1-17-13-6-7-14-11(8-13)9-15(18-14)10-2-4-12(16)5-3-10;1-12-3-6-2-7(5-14)8(9(10)11)13-4-6;1-4(2,5)3-6;1-2-4-5-3-1/h2-9,17-18H,1H3;2,4-5,9,12H,3,11H2,1H3;3H,1-2H3;1-4H2. The summed E-state index contributed by atoms with van der Waals surface area (Å²) in [5, 5.41) is 8.00. The minimum absolute atomic E-state index is 0.0140. The molecule has 232 valence electrons. The number of aromatic amines is 1. The number of pyridine rings is 1. The number of carbonyl (C=O) groups is 2. The number of hydrogen-bond donors (Lipinski definition) is 4. The zero-order valence-corrected chi connectivity index (χ0v) is 25.7. The second-order valence-electron chi connectivity index (χ2n) is 10.1. The number of alkyl halides is 2. The van der Waals surface area contributed by atoms with Gasteiger partial charge in [-0.25, -0.2) is 8.78 Å². The maximum absolute atomic E-state index is 12.7. The fraction of sp³-hybridized carbons (Fsp3) is 0.344.